The first-order chi connectivity index (χ1) is 20.4. The SMILES string of the molecule is O=C(NC[C@@H](O)C(=O)O)c1ccc(CN(C(=O)Nc2cc(F)cc(C(F)(F)F)c2)c2ccc(C3CCCCC3)cc2)cc1. The molecule has 0 spiro atoms. The molecule has 1 aliphatic carbocycles. The Morgan fingerprint density at radius 3 is 2.19 bits per heavy atom. The number of nitrogens with one attached hydrogen (secondary N) is 2. The number of carbonyl (C=O) groups is 3. The molecule has 4 rings (SSSR count). The van der Waals surface area contributed by atoms with Crippen LogP contribution in [-0.4, -0.2) is 40.8 Å². The molecule has 4 N–H and O–H groups in total. The van der Waals surface area contributed by atoms with Gasteiger partial charge in [0, 0.05) is 16.9 Å². The number of halogens is 4. The maximum atomic E-state index is 14.0. The lowest BCUT2D eigenvalue weighted by Gasteiger charge is -2.26. The lowest BCUT2D eigenvalue weighted by molar-refractivity contribution is -0.146. The standard InChI is InChI=1S/C31H31F4N3O5/c32-24-14-23(31(33,34)35)15-25(16-24)37-30(43)38(26-12-10-21(11-13-26)20-4-2-1-3-5-20)18-19-6-8-22(9-7-19)28(40)36-17-27(39)29(41)42/h6-16,20,27,39H,1-5,17-18H2,(H,36,40)(H,37,43)(H,41,42)/t27-/m1/s1. The van der Waals surface area contributed by atoms with E-state index in [1.165, 1.54) is 23.5 Å². The molecule has 0 radical (unpaired) electrons. The summed E-state index contributed by atoms with van der Waals surface area (Å²) in [7, 11) is 0. The molecule has 1 atom stereocenters. The number of aliphatic hydroxyl groups excluding tert-OH is 1. The third kappa shape index (κ3) is 8.54. The maximum absolute atomic E-state index is 14.0. The average Bonchev–Trinajstić information content (AvgIpc) is 2.98. The van der Waals surface area contributed by atoms with E-state index in [-0.39, 0.29) is 17.8 Å². The normalized spacial score (nSPS) is 14.5. The van der Waals surface area contributed by atoms with Crippen molar-refractivity contribution in [3.63, 3.8) is 0 Å². The molecule has 1 saturated carbocycles. The molecule has 12 heteroatoms. The number of alkyl halides is 3. The van der Waals surface area contributed by atoms with E-state index in [2.05, 4.69) is 10.6 Å². The van der Waals surface area contributed by atoms with Gasteiger partial charge in [-0.05, 0) is 72.4 Å². The van der Waals surface area contributed by atoms with Crippen LogP contribution in [0.5, 0.6) is 0 Å². The Bertz CT molecular complexity index is 1440. The number of carboxylic acids is 1. The predicted octanol–water partition coefficient (Wildman–Crippen LogP) is 6.31. The van der Waals surface area contributed by atoms with Gasteiger partial charge < -0.3 is 20.8 Å². The number of aliphatic hydroxyl groups is 1. The van der Waals surface area contributed by atoms with Gasteiger partial charge in [-0.2, -0.15) is 13.2 Å². The molecule has 0 aromatic heterocycles. The summed E-state index contributed by atoms with van der Waals surface area (Å²) in [6.45, 7) is -0.535. The van der Waals surface area contributed by atoms with Crippen molar-refractivity contribution in [2.24, 2.45) is 0 Å². The number of amides is 3. The number of carboxylic acid groups (broad SMARTS) is 1. The molecule has 1 fully saturated rings. The topological polar surface area (TPSA) is 119 Å². The highest BCUT2D eigenvalue weighted by Crippen LogP contribution is 2.34. The third-order valence-electron chi connectivity index (χ3n) is 7.30. The monoisotopic (exact) mass is 601 g/mol. The molecule has 0 aliphatic heterocycles. The lowest BCUT2D eigenvalue weighted by atomic mass is 9.84. The summed E-state index contributed by atoms with van der Waals surface area (Å²) in [4.78, 5) is 37.8. The first kappa shape index (κ1) is 31.5. The Morgan fingerprint density at radius 1 is 0.930 bits per heavy atom. The first-order valence-corrected chi connectivity index (χ1v) is 13.7. The molecule has 0 unspecified atom stereocenters. The fraction of sp³-hybridized carbons (Fsp3) is 0.323. The molecule has 0 saturated heterocycles. The van der Waals surface area contributed by atoms with Gasteiger partial charge in [0.05, 0.1) is 18.7 Å². The van der Waals surface area contributed by atoms with Crippen LogP contribution in [-0.2, 0) is 17.5 Å². The van der Waals surface area contributed by atoms with Crippen molar-refractivity contribution >= 4 is 29.3 Å². The lowest BCUT2D eigenvalue weighted by Crippen LogP contribution is -2.36. The Kier molecular flexibility index (Phi) is 10.0. The summed E-state index contributed by atoms with van der Waals surface area (Å²) in [5, 5.41) is 22.8. The molecule has 1 aliphatic rings. The van der Waals surface area contributed by atoms with Crippen LogP contribution in [0.2, 0.25) is 0 Å². The van der Waals surface area contributed by atoms with Gasteiger partial charge in [0.15, 0.2) is 6.10 Å². The number of rotatable bonds is 9. The number of carbonyl (C=O) groups excluding carboxylic acids is 2. The van der Waals surface area contributed by atoms with E-state index >= 15 is 0 Å². The van der Waals surface area contributed by atoms with Gasteiger partial charge in [0.25, 0.3) is 5.91 Å². The van der Waals surface area contributed by atoms with Crippen LogP contribution in [0, 0.1) is 5.82 Å². The van der Waals surface area contributed by atoms with Gasteiger partial charge in [0.2, 0.25) is 0 Å². The van der Waals surface area contributed by atoms with Crippen molar-refractivity contribution in [1.82, 2.24) is 5.32 Å². The van der Waals surface area contributed by atoms with Gasteiger partial charge in [-0.3, -0.25) is 9.69 Å². The van der Waals surface area contributed by atoms with E-state index in [4.69, 9.17) is 5.11 Å². The molecule has 43 heavy (non-hydrogen) atoms. The third-order valence-corrected chi connectivity index (χ3v) is 7.30. The van der Waals surface area contributed by atoms with Crippen LogP contribution in [0.1, 0.15) is 65.1 Å². The summed E-state index contributed by atoms with van der Waals surface area (Å²) in [6, 6.07) is 14.4. The fourth-order valence-corrected chi connectivity index (χ4v) is 4.98. The van der Waals surface area contributed by atoms with E-state index < -0.39 is 48.1 Å². The van der Waals surface area contributed by atoms with E-state index in [0.717, 1.165) is 37.3 Å². The van der Waals surface area contributed by atoms with Crippen molar-refractivity contribution in [3.8, 4) is 0 Å². The van der Waals surface area contributed by atoms with Crippen molar-refractivity contribution in [2.45, 2.75) is 56.8 Å². The summed E-state index contributed by atoms with van der Waals surface area (Å²) < 4.78 is 53.7. The molecule has 3 amide bonds. The largest absolute Gasteiger partial charge is 0.479 e. The number of hydrogen-bond donors (Lipinski definition) is 4. The van der Waals surface area contributed by atoms with Gasteiger partial charge in [-0.15, -0.1) is 0 Å². The minimum Gasteiger partial charge on any atom is -0.479 e. The van der Waals surface area contributed by atoms with E-state index in [9.17, 15) is 37.1 Å². The Morgan fingerprint density at radius 2 is 1.58 bits per heavy atom. The van der Waals surface area contributed by atoms with Crippen molar-refractivity contribution < 1.29 is 42.2 Å². The summed E-state index contributed by atoms with van der Waals surface area (Å²) in [5.41, 5.74) is 0.714. The van der Waals surface area contributed by atoms with E-state index in [1.54, 1.807) is 24.3 Å². The number of nitrogens with zero attached hydrogens (tertiary/aromatic N) is 1. The molecule has 0 bridgehead atoms. The van der Waals surface area contributed by atoms with Gasteiger partial charge in [0.1, 0.15) is 5.82 Å². The van der Waals surface area contributed by atoms with Gasteiger partial charge in [-0.25, -0.2) is 14.0 Å². The zero-order valence-electron chi connectivity index (χ0n) is 23.0. The fourth-order valence-electron chi connectivity index (χ4n) is 4.98. The van der Waals surface area contributed by atoms with Crippen LogP contribution < -0.4 is 15.5 Å². The Hall–Kier alpha value is -4.45. The molecule has 3 aromatic rings. The number of hydrogen-bond acceptors (Lipinski definition) is 4. The zero-order valence-corrected chi connectivity index (χ0v) is 23.0. The highest BCUT2D eigenvalue weighted by molar-refractivity contribution is 6.01. The maximum Gasteiger partial charge on any atom is 0.416 e. The van der Waals surface area contributed by atoms with Gasteiger partial charge >= 0.3 is 18.2 Å². The molecule has 8 nitrogen and oxygen atoms in total. The second-order valence-electron chi connectivity index (χ2n) is 10.4. The van der Waals surface area contributed by atoms with Crippen LogP contribution >= 0.6 is 0 Å². The summed E-state index contributed by atoms with van der Waals surface area (Å²) in [6.07, 6.45) is -0.949. The van der Waals surface area contributed by atoms with E-state index in [0.29, 0.717) is 29.3 Å². The van der Waals surface area contributed by atoms with Crippen molar-refractivity contribution in [2.75, 3.05) is 16.8 Å². The van der Waals surface area contributed by atoms with Crippen LogP contribution in [0.15, 0.2) is 66.7 Å². The predicted molar refractivity (Wildman–Crippen MR) is 151 cm³/mol. The second kappa shape index (κ2) is 13.7. The smallest absolute Gasteiger partial charge is 0.416 e. The zero-order chi connectivity index (χ0) is 31.1. The highest BCUT2D eigenvalue weighted by Gasteiger charge is 2.32. The minimum absolute atomic E-state index is 0.0460. The Balaban J connectivity index is 1.56. The molecule has 0 heterocycles. The molecule has 3 aromatic carbocycles. The number of urea groups is 1. The van der Waals surface area contributed by atoms with Crippen molar-refractivity contribution in [1.29, 1.82) is 0 Å². The molecular weight excluding hydrogens is 570 g/mol. The van der Waals surface area contributed by atoms with Gasteiger partial charge in [-0.1, -0.05) is 43.5 Å². The van der Waals surface area contributed by atoms with Crippen LogP contribution in [0.3, 0.4) is 0 Å². The van der Waals surface area contributed by atoms with Crippen LogP contribution in [0.25, 0.3) is 0 Å². The number of benzene rings is 3. The minimum atomic E-state index is -4.81. The van der Waals surface area contributed by atoms with Crippen LogP contribution in [0.4, 0.5) is 33.7 Å². The summed E-state index contributed by atoms with van der Waals surface area (Å²) >= 11 is 0. The quantitative estimate of drug-likeness (QED) is 0.215. The summed E-state index contributed by atoms with van der Waals surface area (Å²) in [5.74, 6) is -2.84. The van der Waals surface area contributed by atoms with E-state index in [1.807, 2.05) is 12.1 Å². The number of aliphatic carboxylic acids is 1. The first-order valence-electron chi connectivity index (χ1n) is 13.7. The molecular formula is C31H31F4N3O5. The number of anilines is 2. The molecule has 228 valence electrons. The average molecular weight is 602 g/mol. The highest BCUT2D eigenvalue weighted by atomic mass is 19.4. The Labute approximate surface area is 245 Å². The second-order valence-corrected chi connectivity index (χ2v) is 10.4. The van der Waals surface area contributed by atoms with Crippen molar-refractivity contribution in [3.05, 3.63) is 94.8 Å².